The Hall–Kier alpha value is -1.82. The third-order valence-electron chi connectivity index (χ3n) is 2.62. The van der Waals surface area contributed by atoms with Crippen LogP contribution in [0, 0.1) is 5.82 Å². The summed E-state index contributed by atoms with van der Waals surface area (Å²) in [5.41, 5.74) is 0.00461. The van der Waals surface area contributed by atoms with Crippen molar-refractivity contribution in [1.82, 2.24) is 14.9 Å². The zero-order chi connectivity index (χ0) is 13.8. The predicted molar refractivity (Wildman–Crippen MR) is 72.8 cm³/mol. The van der Waals surface area contributed by atoms with Gasteiger partial charge in [0.1, 0.15) is 5.82 Å². The molecule has 1 aromatic carbocycles. The maximum absolute atomic E-state index is 13.5. The highest BCUT2D eigenvalue weighted by atomic mass is 32.1. The van der Waals surface area contributed by atoms with Crippen LogP contribution in [0.4, 0.5) is 4.39 Å². The first kappa shape index (κ1) is 13.6. The van der Waals surface area contributed by atoms with Gasteiger partial charge in [-0.25, -0.2) is 9.37 Å². The van der Waals surface area contributed by atoms with Gasteiger partial charge >= 0.3 is 0 Å². The van der Waals surface area contributed by atoms with Crippen molar-refractivity contribution in [2.45, 2.75) is 24.4 Å². The highest BCUT2D eigenvalue weighted by Gasteiger charge is 2.14. The van der Waals surface area contributed by atoms with Crippen molar-refractivity contribution >= 4 is 18.5 Å². The van der Waals surface area contributed by atoms with E-state index in [1.807, 2.05) is 11.5 Å². The summed E-state index contributed by atoms with van der Waals surface area (Å²) < 4.78 is 15.4. The number of amides is 1. The number of benzene rings is 1. The number of carbonyl (C=O) groups excluding carboxylic acids is 1. The van der Waals surface area contributed by atoms with E-state index in [2.05, 4.69) is 22.9 Å². The standard InChI is InChI=1S/C13H14FN3OS/c1-9(7-17-5-4-15-8-17)16-13(18)11-6-10(19)2-3-12(11)14/h2-6,8-9,19H,7H2,1H3,(H,16,18). The van der Waals surface area contributed by atoms with Crippen LogP contribution in [0.1, 0.15) is 17.3 Å². The molecule has 1 N–H and O–H groups in total. The summed E-state index contributed by atoms with van der Waals surface area (Å²) in [6, 6.07) is 4.02. The lowest BCUT2D eigenvalue weighted by Crippen LogP contribution is -2.35. The van der Waals surface area contributed by atoms with Crippen LogP contribution in [-0.4, -0.2) is 21.5 Å². The van der Waals surface area contributed by atoms with Crippen LogP contribution in [0.3, 0.4) is 0 Å². The summed E-state index contributed by atoms with van der Waals surface area (Å²) >= 11 is 4.10. The van der Waals surface area contributed by atoms with Crippen LogP contribution >= 0.6 is 12.6 Å². The molecular formula is C13H14FN3OS. The Kier molecular flexibility index (Phi) is 4.21. The Balaban J connectivity index is 2.02. The van der Waals surface area contributed by atoms with E-state index in [0.717, 1.165) is 0 Å². The fourth-order valence-electron chi connectivity index (χ4n) is 1.75. The Morgan fingerprint density at radius 3 is 3.05 bits per heavy atom. The van der Waals surface area contributed by atoms with Gasteiger partial charge in [-0.1, -0.05) is 0 Å². The van der Waals surface area contributed by atoms with Crippen molar-refractivity contribution in [3.63, 3.8) is 0 Å². The SMILES string of the molecule is CC(Cn1ccnc1)NC(=O)c1cc(S)ccc1F. The van der Waals surface area contributed by atoms with E-state index < -0.39 is 11.7 Å². The van der Waals surface area contributed by atoms with Gasteiger partial charge in [0.2, 0.25) is 0 Å². The number of nitrogens with one attached hydrogen (secondary N) is 1. The number of imidazole rings is 1. The molecule has 1 amide bonds. The molecule has 0 aliphatic heterocycles. The maximum atomic E-state index is 13.5. The number of thiol groups is 1. The summed E-state index contributed by atoms with van der Waals surface area (Å²) in [6.07, 6.45) is 5.13. The molecule has 2 aromatic rings. The van der Waals surface area contributed by atoms with Gasteiger partial charge < -0.3 is 9.88 Å². The normalized spacial score (nSPS) is 12.2. The lowest BCUT2D eigenvalue weighted by Gasteiger charge is -2.14. The number of aromatic nitrogens is 2. The first-order valence-corrected chi connectivity index (χ1v) is 6.26. The number of nitrogens with zero attached hydrogens (tertiary/aromatic N) is 2. The number of carbonyl (C=O) groups is 1. The number of hydrogen-bond donors (Lipinski definition) is 2. The highest BCUT2D eigenvalue weighted by molar-refractivity contribution is 7.80. The molecule has 0 fully saturated rings. The van der Waals surface area contributed by atoms with Crippen molar-refractivity contribution < 1.29 is 9.18 Å². The van der Waals surface area contributed by atoms with Crippen LogP contribution in [0.2, 0.25) is 0 Å². The zero-order valence-electron chi connectivity index (χ0n) is 10.4. The van der Waals surface area contributed by atoms with Crippen molar-refractivity contribution in [1.29, 1.82) is 0 Å². The van der Waals surface area contributed by atoms with Gasteiger partial charge in [0, 0.05) is 29.9 Å². The average Bonchev–Trinajstić information content (AvgIpc) is 2.84. The zero-order valence-corrected chi connectivity index (χ0v) is 11.3. The number of halogens is 1. The van der Waals surface area contributed by atoms with Crippen LogP contribution in [0.25, 0.3) is 0 Å². The van der Waals surface area contributed by atoms with Crippen LogP contribution < -0.4 is 5.32 Å². The minimum atomic E-state index is -0.551. The van der Waals surface area contributed by atoms with Gasteiger partial charge in [0.15, 0.2) is 0 Å². The molecular weight excluding hydrogens is 265 g/mol. The van der Waals surface area contributed by atoms with E-state index in [1.54, 1.807) is 18.7 Å². The average molecular weight is 279 g/mol. The van der Waals surface area contributed by atoms with Crippen molar-refractivity contribution in [3.8, 4) is 0 Å². The number of rotatable bonds is 4. The largest absolute Gasteiger partial charge is 0.348 e. The Labute approximate surface area is 116 Å². The van der Waals surface area contributed by atoms with E-state index in [0.29, 0.717) is 11.4 Å². The molecule has 1 atom stereocenters. The third-order valence-corrected chi connectivity index (χ3v) is 2.89. The lowest BCUT2D eigenvalue weighted by molar-refractivity contribution is 0.0932. The fraction of sp³-hybridized carbons (Fsp3) is 0.231. The molecule has 100 valence electrons. The summed E-state index contributed by atoms with van der Waals surface area (Å²) in [5, 5.41) is 2.74. The predicted octanol–water partition coefficient (Wildman–Crippen LogP) is 2.13. The van der Waals surface area contributed by atoms with E-state index in [-0.39, 0.29) is 11.6 Å². The van der Waals surface area contributed by atoms with Gasteiger partial charge in [-0.3, -0.25) is 4.79 Å². The monoisotopic (exact) mass is 279 g/mol. The quantitative estimate of drug-likeness (QED) is 0.842. The van der Waals surface area contributed by atoms with Crippen LogP contribution in [0.5, 0.6) is 0 Å². The summed E-state index contributed by atoms with van der Waals surface area (Å²) in [6.45, 7) is 2.42. The van der Waals surface area contributed by atoms with Crippen molar-refractivity contribution in [2.75, 3.05) is 0 Å². The Morgan fingerprint density at radius 1 is 1.58 bits per heavy atom. The van der Waals surface area contributed by atoms with Gasteiger partial charge in [-0.05, 0) is 25.1 Å². The Morgan fingerprint density at radius 2 is 2.37 bits per heavy atom. The van der Waals surface area contributed by atoms with E-state index in [1.165, 1.54) is 18.2 Å². The molecule has 1 unspecified atom stereocenters. The second kappa shape index (κ2) is 5.88. The van der Waals surface area contributed by atoms with Gasteiger partial charge in [-0.2, -0.15) is 0 Å². The van der Waals surface area contributed by atoms with Crippen molar-refractivity contribution in [2.24, 2.45) is 0 Å². The molecule has 19 heavy (non-hydrogen) atoms. The molecule has 4 nitrogen and oxygen atoms in total. The smallest absolute Gasteiger partial charge is 0.254 e. The first-order valence-electron chi connectivity index (χ1n) is 5.81. The summed E-state index contributed by atoms with van der Waals surface area (Å²) in [5.74, 6) is -0.994. The first-order chi connectivity index (χ1) is 9.06. The van der Waals surface area contributed by atoms with E-state index in [4.69, 9.17) is 0 Å². The van der Waals surface area contributed by atoms with Crippen LogP contribution in [0.15, 0.2) is 41.8 Å². The Bertz CT molecular complexity index is 571. The highest BCUT2D eigenvalue weighted by Crippen LogP contribution is 2.13. The molecule has 0 saturated carbocycles. The lowest BCUT2D eigenvalue weighted by atomic mass is 10.2. The molecule has 0 aliphatic carbocycles. The minimum absolute atomic E-state index is 0.00461. The molecule has 0 aliphatic rings. The molecule has 1 aromatic heterocycles. The van der Waals surface area contributed by atoms with Gasteiger partial charge in [-0.15, -0.1) is 12.6 Å². The molecule has 0 bridgehead atoms. The molecule has 0 spiro atoms. The van der Waals surface area contributed by atoms with Crippen LogP contribution in [-0.2, 0) is 6.54 Å². The van der Waals surface area contributed by atoms with E-state index in [9.17, 15) is 9.18 Å². The summed E-state index contributed by atoms with van der Waals surface area (Å²) in [7, 11) is 0. The summed E-state index contributed by atoms with van der Waals surface area (Å²) in [4.78, 5) is 16.4. The van der Waals surface area contributed by atoms with Gasteiger partial charge in [0.25, 0.3) is 5.91 Å². The number of hydrogen-bond acceptors (Lipinski definition) is 3. The van der Waals surface area contributed by atoms with E-state index >= 15 is 0 Å². The fourth-order valence-corrected chi connectivity index (χ4v) is 1.95. The van der Waals surface area contributed by atoms with Gasteiger partial charge in [0.05, 0.1) is 11.9 Å². The minimum Gasteiger partial charge on any atom is -0.348 e. The topological polar surface area (TPSA) is 46.9 Å². The molecule has 2 rings (SSSR count). The second-order valence-electron chi connectivity index (χ2n) is 4.30. The second-order valence-corrected chi connectivity index (χ2v) is 4.81. The molecule has 0 saturated heterocycles. The molecule has 1 heterocycles. The third kappa shape index (κ3) is 3.57. The molecule has 0 radical (unpaired) electrons. The van der Waals surface area contributed by atoms with Crippen molar-refractivity contribution in [3.05, 3.63) is 48.3 Å². The maximum Gasteiger partial charge on any atom is 0.254 e. The molecule has 6 heteroatoms.